The molecule has 1 aromatic carbocycles. The van der Waals surface area contributed by atoms with Crippen LogP contribution in [0.1, 0.15) is 19.8 Å². The first-order chi connectivity index (χ1) is 19.4. The number of fused-ring (bicyclic) bond motifs is 1. The van der Waals surface area contributed by atoms with Crippen LogP contribution in [0.3, 0.4) is 0 Å². The number of para-hydroxylation sites is 2. The number of rotatable bonds is 10. The molecule has 233 valence electrons. The monoisotopic (exact) mass is 829 g/mol. The van der Waals surface area contributed by atoms with Crippen molar-refractivity contribution in [2.24, 2.45) is 0 Å². The van der Waals surface area contributed by atoms with Crippen molar-refractivity contribution in [1.29, 1.82) is 0 Å². The summed E-state index contributed by atoms with van der Waals surface area (Å²) in [6, 6.07) is 6.83. The zero-order valence-corrected chi connectivity index (χ0v) is 33.9. The smallest absolute Gasteiger partial charge is 0.453 e. The number of nitrogens with one attached hydrogen (secondary N) is 6. The van der Waals surface area contributed by atoms with Crippen molar-refractivity contribution in [3.8, 4) is 0 Å². The quantitative estimate of drug-likeness (QED) is 0.0905. The van der Waals surface area contributed by atoms with Crippen molar-refractivity contribution in [2.75, 3.05) is 45.2 Å². The maximum Gasteiger partial charge on any atom is 2.00 e. The number of nitrogens with zero attached hydrogens (tertiary/aromatic N) is 2. The summed E-state index contributed by atoms with van der Waals surface area (Å²) in [5.74, 6) is 0.136. The van der Waals surface area contributed by atoms with E-state index in [1.165, 1.54) is 11.7 Å². The van der Waals surface area contributed by atoms with E-state index in [4.69, 9.17) is 0 Å². The van der Waals surface area contributed by atoms with Crippen molar-refractivity contribution < 1.29 is 50.9 Å². The third-order valence-electron chi connectivity index (χ3n) is 4.30. The van der Waals surface area contributed by atoms with Crippen molar-refractivity contribution >= 4 is 146 Å². The third-order valence-corrected chi connectivity index (χ3v) is 5.45. The first-order valence-electron chi connectivity index (χ1n) is 11.8. The van der Waals surface area contributed by atoms with Gasteiger partial charge in [-0.1, -0.05) is 42.8 Å². The fraction of sp³-hybridized carbons (Fsp3) is 0.409. The van der Waals surface area contributed by atoms with Gasteiger partial charge in [-0.2, -0.15) is 0 Å². The fourth-order valence-corrected chi connectivity index (χ4v) is 3.38. The molecule has 0 aliphatic heterocycles. The second-order valence-corrected chi connectivity index (χ2v) is 11.6. The Kier molecular flexibility index (Phi) is 30.8. The van der Waals surface area contributed by atoms with Crippen LogP contribution in [-0.2, 0) is 91.8 Å². The Hall–Kier alpha value is -0.987. The van der Waals surface area contributed by atoms with E-state index in [0.29, 0.717) is 61.0 Å². The average Bonchev–Trinajstić information content (AvgIpc) is 3.27. The molecule has 1 heterocycles. The van der Waals surface area contributed by atoms with Crippen LogP contribution in [0.2, 0.25) is 0 Å². The summed E-state index contributed by atoms with van der Waals surface area (Å²) in [7, 11) is 1.25. The minimum absolute atomic E-state index is 0. The van der Waals surface area contributed by atoms with Crippen LogP contribution in [-0.4, -0.2) is 78.8 Å². The number of anilines is 1. The Morgan fingerprint density at radius 3 is 1.65 bits per heavy atom. The zero-order chi connectivity index (χ0) is 31.2. The molecule has 1 radical (unpaired) electrons. The molecular formula is C22H30MnN8O3S8Zn. The van der Waals surface area contributed by atoms with Crippen LogP contribution >= 0.6 is 48.9 Å². The molecule has 2 aromatic rings. The summed E-state index contributed by atoms with van der Waals surface area (Å²) in [5.41, 5.74) is 1.24. The van der Waals surface area contributed by atoms with E-state index >= 15 is 0 Å². The number of imidazole rings is 1. The molecule has 0 saturated carbocycles. The molecule has 6 N–H and O–H groups in total. The molecule has 0 aliphatic rings. The largest absolute Gasteiger partial charge is 2.00 e. The van der Waals surface area contributed by atoms with E-state index in [2.05, 4.69) is 141 Å². The van der Waals surface area contributed by atoms with Crippen LogP contribution < -0.4 is 31.9 Å². The Morgan fingerprint density at radius 2 is 1.26 bits per heavy atom. The summed E-state index contributed by atoms with van der Waals surface area (Å²) < 4.78 is 7.37. The molecule has 0 bridgehead atoms. The standard InChI is InChI=1S/C14H18N4O3.2C4H8N2S4.Mn.Zn/c1-3-4-9-15-13(19)18-11-8-6-5-7-10(11)16-12(18)17-14(20)21-2;2*7-3(8)5-1-2-6-4(9)10;;/h5-8H,3-4,9H2,1-2H3,(H,15,19)(H,16,17,20);2*1-2H2,(H2,5,7,8)(H2,6,9,10);;/q;;;2*+2/p-4. The Bertz CT molecular complexity index is 1110. The molecule has 0 unspecified atom stereocenters. The zero-order valence-electron chi connectivity index (χ0n) is 23.2. The first-order valence-corrected chi connectivity index (χ1v) is 15.1. The maximum absolute atomic E-state index is 12.3. The van der Waals surface area contributed by atoms with E-state index in [1.807, 2.05) is 19.1 Å². The average molecular weight is 831 g/mol. The van der Waals surface area contributed by atoms with Crippen LogP contribution in [0.5, 0.6) is 0 Å². The number of hydrogen-bond acceptors (Lipinski definition) is 12. The van der Waals surface area contributed by atoms with Gasteiger partial charge in [-0.15, -0.1) is 0 Å². The van der Waals surface area contributed by atoms with Gasteiger partial charge in [0.15, 0.2) is 0 Å². The summed E-state index contributed by atoms with van der Waals surface area (Å²) in [4.78, 5) is 27.9. The molecule has 21 heteroatoms. The number of amides is 2. The predicted octanol–water partition coefficient (Wildman–Crippen LogP) is 2.23. The number of carbonyl (C=O) groups excluding carboxylic acids is 2. The number of benzene rings is 1. The van der Waals surface area contributed by atoms with Crippen LogP contribution in [0.4, 0.5) is 15.5 Å². The van der Waals surface area contributed by atoms with Gasteiger partial charge in [-0.3, -0.25) is 5.32 Å². The minimum atomic E-state index is -0.673. The number of methoxy groups -OCH3 is 1. The van der Waals surface area contributed by atoms with E-state index in [1.54, 1.807) is 12.1 Å². The maximum atomic E-state index is 12.3. The van der Waals surface area contributed by atoms with Gasteiger partial charge in [-0.25, -0.2) is 19.1 Å². The molecule has 0 fully saturated rings. The van der Waals surface area contributed by atoms with Gasteiger partial charge in [0.05, 0.1) is 18.1 Å². The van der Waals surface area contributed by atoms with E-state index in [-0.39, 0.29) is 48.5 Å². The minimum Gasteiger partial charge on any atom is -0.453 e. The van der Waals surface area contributed by atoms with Gasteiger partial charge >= 0.3 is 48.7 Å². The third kappa shape index (κ3) is 24.0. The number of hydrogen-bond donors (Lipinski definition) is 6. The van der Waals surface area contributed by atoms with Gasteiger partial charge in [0.1, 0.15) is 0 Å². The normalized spacial score (nSPS) is 8.98. The van der Waals surface area contributed by atoms with Gasteiger partial charge < -0.3 is 131 Å². The molecule has 0 spiro atoms. The summed E-state index contributed by atoms with van der Waals surface area (Å²) in [5, 5.41) is 16.4. The van der Waals surface area contributed by atoms with Gasteiger partial charge in [0, 0.05) is 32.7 Å². The number of thiocarbonyl (C=S) groups is 4. The number of carbonyl (C=O) groups is 2. The van der Waals surface area contributed by atoms with Crippen molar-refractivity contribution in [3.05, 3.63) is 24.3 Å². The van der Waals surface area contributed by atoms with E-state index < -0.39 is 6.09 Å². The number of aromatic nitrogens is 2. The van der Waals surface area contributed by atoms with Crippen molar-refractivity contribution in [3.63, 3.8) is 0 Å². The first kappa shape index (κ1) is 46.4. The molecule has 2 rings (SSSR count). The van der Waals surface area contributed by atoms with Crippen LogP contribution in [0.25, 0.3) is 11.0 Å². The number of ether oxygens (including phenoxy) is 1. The molecule has 43 heavy (non-hydrogen) atoms. The Morgan fingerprint density at radius 1 is 0.814 bits per heavy atom. The molecule has 1 aromatic heterocycles. The van der Waals surface area contributed by atoms with Crippen LogP contribution in [0.15, 0.2) is 24.3 Å². The second-order valence-electron chi connectivity index (χ2n) is 7.32. The second kappa shape index (κ2) is 28.5. The summed E-state index contributed by atoms with van der Waals surface area (Å²) in [6.45, 7) is 5.28. The summed E-state index contributed by atoms with van der Waals surface area (Å²) in [6.07, 6.45) is 1.20. The SMILES string of the molecule is CCCCNC(=O)n1c(NC(=O)OC)nc2ccccc21.S=C([S-])NCCNC(=S)[S-].S=C([S-])NCCNC(=S)[S-].[Mn+2].[Zn+2]. The van der Waals surface area contributed by atoms with Gasteiger partial charge in [0.25, 0.3) is 0 Å². The molecule has 11 nitrogen and oxygen atoms in total. The van der Waals surface area contributed by atoms with E-state index in [9.17, 15) is 9.59 Å². The Balaban J connectivity index is -0.000000618. The van der Waals surface area contributed by atoms with Crippen LogP contribution in [0, 0.1) is 0 Å². The topological polar surface area (TPSA) is 133 Å². The molecule has 0 saturated heterocycles. The van der Waals surface area contributed by atoms with Gasteiger partial charge in [-0.05, 0) is 18.6 Å². The fourth-order valence-electron chi connectivity index (χ4n) is 2.57. The van der Waals surface area contributed by atoms with Crippen molar-refractivity contribution in [1.82, 2.24) is 36.1 Å². The Labute approximate surface area is 319 Å². The molecule has 0 aliphatic carbocycles. The van der Waals surface area contributed by atoms with Gasteiger partial charge in [0.2, 0.25) is 5.95 Å². The molecule has 0 atom stereocenters. The van der Waals surface area contributed by atoms with E-state index in [0.717, 1.165) is 12.8 Å². The number of unbranched alkanes of at least 4 members (excludes halogenated alkanes) is 1. The molecule has 2 amide bonds. The summed E-state index contributed by atoms with van der Waals surface area (Å²) >= 11 is 36.7. The predicted molar refractivity (Wildman–Crippen MR) is 191 cm³/mol. The van der Waals surface area contributed by atoms with Crippen molar-refractivity contribution in [2.45, 2.75) is 19.8 Å². The molecular weight excluding hydrogens is 801 g/mol.